The number of carboxylic acid groups (broad SMARTS) is 1. The molecule has 1 aromatic carbocycles. The van der Waals surface area contributed by atoms with Crippen molar-refractivity contribution in [2.45, 2.75) is 0 Å². The quantitative estimate of drug-likeness (QED) is 0.632. The van der Waals surface area contributed by atoms with Crippen molar-refractivity contribution in [2.75, 3.05) is 17.6 Å². The van der Waals surface area contributed by atoms with Crippen molar-refractivity contribution in [1.82, 2.24) is 5.32 Å². The number of anilines is 2. The number of hydrogen-bond acceptors (Lipinski definition) is 3. The van der Waals surface area contributed by atoms with Gasteiger partial charge in [-0.05, 0) is 12.1 Å². The second-order valence-corrected chi connectivity index (χ2v) is 3.87. The maximum Gasteiger partial charge on any atom is 0.405 e. The van der Waals surface area contributed by atoms with E-state index >= 15 is 0 Å². The molecule has 0 aliphatic carbocycles. The summed E-state index contributed by atoms with van der Waals surface area (Å²) in [6.45, 7) is -0.380. The minimum atomic E-state index is -1.29. The van der Waals surface area contributed by atoms with Gasteiger partial charge in [0.05, 0.1) is 21.4 Å². The molecule has 5 N–H and O–H groups in total. The molecular formula is C9H9Cl2N3O3. The van der Waals surface area contributed by atoms with Crippen molar-refractivity contribution in [2.24, 2.45) is 0 Å². The summed E-state index contributed by atoms with van der Waals surface area (Å²) in [7, 11) is 0. The van der Waals surface area contributed by atoms with E-state index in [4.69, 9.17) is 34.0 Å². The summed E-state index contributed by atoms with van der Waals surface area (Å²) in [5.41, 5.74) is 6.11. The fourth-order valence-electron chi connectivity index (χ4n) is 1.02. The molecule has 0 radical (unpaired) electrons. The van der Waals surface area contributed by atoms with Gasteiger partial charge >= 0.3 is 6.09 Å². The normalized spacial score (nSPS) is 9.76. The molecule has 0 aromatic heterocycles. The van der Waals surface area contributed by atoms with Gasteiger partial charge in [0.2, 0.25) is 5.91 Å². The van der Waals surface area contributed by atoms with E-state index in [-0.39, 0.29) is 28.0 Å². The number of halogens is 2. The van der Waals surface area contributed by atoms with E-state index in [1.54, 1.807) is 0 Å². The highest BCUT2D eigenvalue weighted by Crippen LogP contribution is 2.30. The van der Waals surface area contributed by atoms with Gasteiger partial charge in [-0.1, -0.05) is 23.2 Å². The number of carbonyl (C=O) groups excluding carboxylic acids is 1. The molecule has 0 bridgehead atoms. The average molecular weight is 278 g/mol. The summed E-state index contributed by atoms with van der Waals surface area (Å²) in [5, 5.41) is 13.1. The molecule has 0 heterocycles. The molecule has 0 aliphatic heterocycles. The maximum absolute atomic E-state index is 11.3. The fourth-order valence-corrected chi connectivity index (χ4v) is 1.36. The Hall–Kier alpha value is -1.66. The van der Waals surface area contributed by atoms with Gasteiger partial charge in [-0.3, -0.25) is 4.79 Å². The van der Waals surface area contributed by atoms with Crippen LogP contribution in [0.4, 0.5) is 16.2 Å². The van der Waals surface area contributed by atoms with Crippen LogP contribution >= 0.6 is 23.2 Å². The molecule has 0 saturated heterocycles. The lowest BCUT2D eigenvalue weighted by Crippen LogP contribution is -2.31. The molecule has 0 unspecified atom stereocenters. The van der Waals surface area contributed by atoms with Crippen molar-refractivity contribution >= 4 is 46.6 Å². The number of rotatable bonds is 3. The van der Waals surface area contributed by atoms with Crippen molar-refractivity contribution in [1.29, 1.82) is 0 Å². The number of nitrogens with one attached hydrogen (secondary N) is 2. The molecule has 6 nitrogen and oxygen atoms in total. The minimum absolute atomic E-state index is 0.238. The summed E-state index contributed by atoms with van der Waals surface area (Å²) < 4.78 is 0. The molecule has 0 aliphatic rings. The Kier molecular flexibility index (Phi) is 4.42. The summed E-state index contributed by atoms with van der Waals surface area (Å²) in [6, 6.07) is 2.78. The molecule has 0 fully saturated rings. The molecule has 1 aromatic rings. The second kappa shape index (κ2) is 5.60. The molecule has 2 amide bonds. The number of carbonyl (C=O) groups is 2. The first kappa shape index (κ1) is 13.4. The number of nitrogens with two attached hydrogens (primary N) is 1. The summed E-state index contributed by atoms with van der Waals surface area (Å²) in [5.74, 6) is -0.558. The highest BCUT2D eigenvalue weighted by Gasteiger charge is 2.09. The molecule has 92 valence electrons. The van der Waals surface area contributed by atoms with Gasteiger partial charge in [0.1, 0.15) is 6.54 Å². The van der Waals surface area contributed by atoms with E-state index in [2.05, 4.69) is 5.32 Å². The third-order valence-corrected chi connectivity index (χ3v) is 2.49. The van der Waals surface area contributed by atoms with Crippen molar-refractivity contribution < 1.29 is 14.7 Å². The number of nitrogen functional groups attached to an aromatic ring is 1. The van der Waals surface area contributed by atoms with Crippen molar-refractivity contribution in [3.8, 4) is 0 Å². The van der Waals surface area contributed by atoms with Gasteiger partial charge in [-0.2, -0.15) is 0 Å². The van der Waals surface area contributed by atoms with E-state index in [0.29, 0.717) is 0 Å². The fraction of sp³-hybridized carbons (Fsp3) is 0.111. The Balaban J connectivity index is 2.71. The van der Waals surface area contributed by atoms with Gasteiger partial charge in [0.15, 0.2) is 0 Å². The Morgan fingerprint density at radius 3 is 2.47 bits per heavy atom. The van der Waals surface area contributed by atoms with Gasteiger partial charge in [0.25, 0.3) is 0 Å². The van der Waals surface area contributed by atoms with E-state index in [9.17, 15) is 9.59 Å². The Morgan fingerprint density at radius 1 is 1.29 bits per heavy atom. The lowest BCUT2D eigenvalue weighted by Gasteiger charge is -2.09. The zero-order valence-corrected chi connectivity index (χ0v) is 9.97. The van der Waals surface area contributed by atoms with E-state index in [1.807, 2.05) is 5.32 Å². The minimum Gasteiger partial charge on any atom is -0.465 e. The van der Waals surface area contributed by atoms with Crippen LogP contribution in [0.25, 0.3) is 0 Å². The third kappa shape index (κ3) is 4.01. The SMILES string of the molecule is Nc1cc(Cl)c(Cl)cc1NC(=O)CNC(=O)O. The van der Waals surface area contributed by atoms with E-state index in [0.717, 1.165) is 0 Å². The molecule has 0 saturated carbocycles. The summed E-state index contributed by atoms with van der Waals surface area (Å²) >= 11 is 11.5. The smallest absolute Gasteiger partial charge is 0.405 e. The zero-order chi connectivity index (χ0) is 13.0. The lowest BCUT2D eigenvalue weighted by molar-refractivity contribution is -0.115. The van der Waals surface area contributed by atoms with Gasteiger partial charge < -0.3 is 21.5 Å². The first-order chi connectivity index (χ1) is 7.90. The van der Waals surface area contributed by atoms with E-state index in [1.165, 1.54) is 12.1 Å². The second-order valence-electron chi connectivity index (χ2n) is 3.06. The number of hydrogen-bond donors (Lipinski definition) is 4. The zero-order valence-electron chi connectivity index (χ0n) is 8.46. The molecule has 17 heavy (non-hydrogen) atoms. The highest BCUT2D eigenvalue weighted by molar-refractivity contribution is 6.42. The Morgan fingerprint density at radius 2 is 1.88 bits per heavy atom. The van der Waals surface area contributed by atoms with Crippen LogP contribution in [0, 0.1) is 0 Å². The number of amides is 2. The van der Waals surface area contributed by atoms with E-state index < -0.39 is 12.0 Å². The van der Waals surface area contributed by atoms with Crippen LogP contribution in [0.2, 0.25) is 10.0 Å². The average Bonchev–Trinajstić information content (AvgIpc) is 2.23. The van der Waals surface area contributed by atoms with Gasteiger partial charge in [0, 0.05) is 0 Å². The van der Waals surface area contributed by atoms with Gasteiger partial charge in [-0.25, -0.2) is 4.79 Å². The van der Waals surface area contributed by atoms with Crippen molar-refractivity contribution in [3.63, 3.8) is 0 Å². The van der Waals surface area contributed by atoms with Crippen LogP contribution in [0.1, 0.15) is 0 Å². The van der Waals surface area contributed by atoms with Crippen LogP contribution in [0.3, 0.4) is 0 Å². The highest BCUT2D eigenvalue weighted by atomic mass is 35.5. The largest absolute Gasteiger partial charge is 0.465 e. The molecule has 1 rings (SSSR count). The summed E-state index contributed by atoms with van der Waals surface area (Å²) in [4.78, 5) is 21.5. The van der Waals surface area contributed by atoms with Crippen molar-refractivity contribution in [3.05, 3.63) is 22.2 Å². The van der Waals surface area contributed by atoms with Crippen LogP contribution in [-0.2, 0) is 4.79 Å². The predicted octanol–water partition coefficient (Wildman–Crippen LogP) is 1.78. The summed E-state index contributed by atoms with van der Waals surface area (Å²) in [6.07, 6.45) is -1.29. The third-order valence-electron chi connectivity index (χ3n) is 1.77. The maximum atomic E-state index is 11.3. The standard InChI is InChI=1S/C9H9Cl2N3O3/c10-4-1-6(12)7(2-5(4)11)14-8(15)3-13-9(16)17/h1-2,13H,3,12H2,(H,14,15)(H,16,17). The molecule has 8 heteroatoms. The Labute approximate surface area is 107 Å². The van der Waals surface area contributed by atoms with Gasteiger partial charge in [-0.15, -0.1) is 0 Å². The van der Waals surface area contributed by atoms with Crippen LogP contribution < -0.4 is 16.4 Å². The Bertz CT molecular complexity index is 465. The first-order valence-electron chi connectivity index (χ1n) is 4.41. The van der Waals surface area contributed by atoms with Crippen LogP contribution in [0.5, 0.6) is 0 Å². The molecule has 0 spiro atoms. The monoisotopic (exact) mass is 277 g/mol. The molecular weight excluding hydrogens is 269 g/mol. The molecule has 0 atom stereocenters. The van der Waals surface area contributed by atoms with Crippen LogP contribution in [-0.4, -0.2) is 23.7 Å². The number of benzene rings is 1. The van der Waals surface area contributed by atoms with Crippen LogP contribution in [0.15, 0.2) is 12.1 Å². The topological polar surface area (TPSA) is 104 Å². The predicted molar refractivity (Wildman–Crippen MR) is 65.5 cm³/mol. The lowest BCUT2D eigenvalue weighted by atomic mass is 10.2. The first-order valence-corrected chi connectivity index (χ1v) is 5.17.